The van der Waals surface area contributed by atoms with E-state index >= 15 is 0 Å². The summed E-state index contributed by atoms with van der Waals surface area (Å²) in [7, 11) is -0.981. The van der Waals surface area contributed by atoms with Crippen molar-refractivity contribution >= 4 is 33.3 Å². The second-order valence-electron chi connectivity index (χ2n) is 6.71. The molecule has 10 heteroatoms. The van der Waals surface area contributed by atoms with E-state index in [1.165, 1.54) is 50.6 Å². The van der Waals surface area contributed by atoms with Gasteiger partial charge in [0.1, 0.15) is 11.5 Å². The predicted molar refractivity (Wildman–Crippen MR) is 122 cm³/mol. The summed E-state index contributed by atoms with van der Waals surface area (Å²) in [6.45, 7) is -0.283. The average Bonchev–Trinajstić information content (AvgIpc) is 2.83. The van der Waals surface area contributed by atoms with Crippen LogP contribution in [-0.2, 0) is 19.6 Å². The Bertz CT molecular complexity index is 1210. The van der Waals surface area contributed by atoms with Crippen molar-refractivity contribution in [3.63, 3.8) is 0 Å². The average molecular weight is 471 g/mol. The summed E-state index contributed by atoms with van der Waals surface area (Å²) in [5, 5.41) is 2.64. The van der Waals surface area contributed by atoms with Gasteiger partial charge >= 0.3 is 5.97 Å². The Hall–Kier alpha value is -4.05. The molecule has 0 aliphatic carbocycles. The second kappa shape index (κ2) is 10.5. The highest BCUT2D eigenvalue weighted by molar-refractivity contribution is 7.92. The zero-order chi connectivity index (χ0) is 23.8. The molecule has 0 saturated carbocycles. The zero-order valence-electron chi connectivity index (χ0n) is 17.9. The molecule has 2 N–H and O–H groups in total. The fourth-order valence-electron chi connectivity index (χ4n) is 2.74. The van der Waals surface area contributed by atoms with Crippen LogP contribution in [0.25, 0.3) is 0 Å². The van der Waals surface area contributed by atoms with E-state index in [9.17, 15) is 18.0 Å². The molecule has 9 nitrogen and oxygen atoms in total. The standard InChI is InChI=1S/C23H22N2O7S/c1-30-19-9-7-18(8-10-19)25-33(28,29)21-13-11-20(12-14-21)32-15-22(26)24-17-5-3-16(4-6-17)23(27)31-2/h3-14,25H,15H2,1-2H3,(H,24,26). The summed E-state index contributed by atoms with van der Waals surface area (Å²) in [5.74, 6) is 0.0517. The van der Waals surface area contributed by atoms with Crippen LogP contribution in [0.3, 0.4) is 0 Å². The van der Waals surface area contributed by atoms with Crippen molar-refractivity contribution in [3.8, 4) is 11.5 Å². The molecule has 0 unspecified atom stereocenters. The maximum absolute atomic E-state index is 12.5. The molecule has 3 aromatic carbocycles. The van der Waals surface area contributed by atoms with Crippen LogP contribution in [0.1, 0.15) is 10.4 Å². The monoisotopic (exact) mass is 470 g/mol. The summed E-state index contributed by atoms with van der Waals surface area (Å²) < 4.78 is 42.7. The topological polar surface area (TPSA) is 120 Å². The minimum Gasteiger partial charge on any atom is -0.497 e. The van der Waals surface area contributed by atoms with Crippen molar-refractivity contribution in [2.45, 2.75) is 4.90 Å². The Morgan fingerprint density at radius 1 is 0.788 bits per heavy atom. The van der Waals surface area contributed by atoms with Crippen LogP contribution in [-0.4, -0.2) is 41.1 Å². The number of esters is 1. The number of anilines is 2. The molecular weight excluding hydrogens is 448 g/mol. The molecule has 0 aliphatic heterocycles. The molecule has 33 heavy (non-hydrogen) atoms. The highest BCUT2D eigenvalue weighted by Gasteiger charge is 2.15. The van der Waals surface area contributed by atoms with E-state index in [0.717, 1.165) is 0 Å². The lowest BCUT2D eigenvalue weighted by atomic mass is 10.2. The molecule has 3 aromatic rings. The van der Waals surface area contributed by atoms with Crippen molar-refractivity contribution in [2.24, 2.45) is 0 Å². The first-order valence-corrected chi connectivity index (χ1v) is 11.2. The summed E-state index contributed by atoms with van der Waals surface area (Å²) in [6, 6.07) is 18.4. The first kappa shape index (κ1) is 23.6. The number of carbonyl (C=O) groups excluding carboxylic acids is 2. The Kier molecular flexibility index (Phi) is 7.52. The van der Waals surface area contributed by atoms with E-state index in [-0.39, 0.29) is 11.5 Å². The molecule has 0 atom stereocenters. The van der Waals surface area contributed by atoms with Crippen LogP contribution in [0.2, 0.25) is 0 Å². The van der Waals surface area contributed by atoms with Gasteiger partial charge in [-0.15, -0.1) is 0 Å². The van der Waals surface area contributed by atoms with Crippen LogP contribution in [0.5, 0.6) is 11.5 Å². The minimum absolute atomic E-state index is 0.0424. The maximum atomic E-state index is 12.5. The van der Waals surface area contributed by atoms with E-state index in [1.807, 2.05) is 0 Å². The third kappa shape index (κ3) is 6.47. The number of hydrogen-bond donors (Lipinski definition) is 2. The molecule has 0 heterocycles. The molecule has 0 radical (unpaired) electrons. The molecule has 3 rings (SSSR count). The lowest BCUT2D eigenvalue weighted by molar-refractivity contribution is -0.118. The van der Waals surface area contributed by atoms with Crippen molar-refractivity contribution < 1.29 is 32.2 Å². The SMILES string of the molecule is COC(=O)c1ccc(NC(=O)COc2ccc(S(=O)(=O)Nc3ccc(OC)cc3)cc2)cc1. The van der Waals surface area contributed by atoms with Gasteiger partial charge in [-0.25, -0.2) is 13.2 Å². The molecule has 0 spiro atoms. The normalized spacial score (nSPS) is 10.7. The molecule has 172 valence electrons. The van der Waals surface area contributed by atoms with Crippen LogP contribution in [0, 0.1) is 0 Å². The summed E-state index contributed by atoms with van der Waals surface area (Å²) in [4.78, 5) is 23.6. The second-order valence-corrected chi connectivity index (χ2v) is 8.39. The number of carbonyl (C=O) groups is 2. The van der Waals surface area contributed by atoms with Crippen LogP contribution in [0.15, 0.2) is 77.7 Å². The van der Waals surface area contributed by atoms with Gasteiger partial charge in [0.05, 0.1) is 24.7 Å². The third-order valence-electron chi connectivity index (χ3n) is 4.44. The lowest BCUT2D eigenvalue weighted by Crippen LogP contribution is -2.20. The van der Waals surface area contributed by atoms with Gasteiger partial charge in [-0.05, 0) is 72.8 Å². The highest BCUT2D eigenvalue weighted by atomic mass is 32.2. The predicted octanol–water partition coefficient (Wildman–Crippen LogP) is 3.30. The molecule has 0 saturated heterocycles. The lowest BCUT2D eigenvalue weighted by Gasteiger charge is -2.10. The van der Waals surface area contributed by atoms with Gasteiger partial charge < -0.3 is 19.5 Å². The number of hydrogen-bond acceptors (Lipinski definition) is 7. The number of amides is 1. The van der Waals surface area contributed by atoms with Crippen LogP contribution >= 0.6 is 0 Å². The van der Waals surface area contributed by atoms with Crippen molar-refractivity contribution in [1.82, 2.24) is 0 Å². The fourth-order valence-corrected chi connectivity index (χ4v) is 3.80. The molecule has 0 bridgehead atoms. The Labute approximate surface area is 191 Å². The summed E-state index contributed by atoms with van der Waals surface area (Å²) >= 11 is 0. The Balaban J connectivity index is 1.54. The third-order valence-corrected chi connectivity index (χ3v) is 5.83. The van der Waals surface area contributed by atoms with Crippen molar-refractivity contribution in [2.75, 3.05) is 30.9 Å². The van der Waals surface area contributed by atoms with Gasteiger partial charge in [-0.1, -0.05) is 0 Å². The quantitative estimate of drug-likeness (QED) is 0.461. The number of rotatable bonds is 9. The van der Waals surface area contributed by atoms with Crippen molar-refractivity contribution in [3.05, 3.63) is 78.4 Å². The largest absolute Gasteiger partial charge is 0.497 e. The van der Waals surface area contributed by atoms with Crippen LogP contribution in [0.4, 0.5) is 11.4 Å². The fraction of sp³-hybridized carbons (Fsp3) is 0.130. The Morgan fingerprint density at radius 2 is 1.36 bits per heavy atom. The van der Waals surface area contributed by atoms with E-state index in [2.05, 4.69) is 14.8 Å². The minimum atomic E-state index is -3.79. The van der Waals surface area contributed by atoms with E-state index < -0.39 is 21.9 Å². The number of sulfonamides is 1. The van der Waals surface area contributed by atoms with Gasteiger partial charge in [-0.3, -0.25) is 9.52 Å². The molecule has 0 fully saturated rings. The first-order chi connectivity index (χ1) is 15.8. The zero-order valence-corrected chi connectivity index (χ0v) is 18.7. The molecule has 0 aromatic heterocycles. The van der Waals surface area contributed by atoms with E-state index in [4.69, 9.17) is 9.47 Å². The highest BCUT2D eigenvalue weighted by Crippen LogP contribution is 2.21. The van der Waals surface area contributed by atoms with Gasteiger partial charge in [0, 0.05) is 11.4 Å². The maximum Gasteiger partial charge on any atom is 0.337 e. The molecular formula is C23H22N2O7S. The molecule has 1 amide bonds. The Morgan fingerprint density at radius 3 is 1.94 bits per heavy atom. The van der Waals surface area contributed by atoms with E-state index in [1.54, 1.807) is 36.4 Å². The van der Waals surface area contributed by atoms with Gasteiger partial charge in [-0.2, -0.15) is 0 Å². The van der Waals surface area contributed by atoms with Gasteiger partial charge in [0.2, 0.25) is 0 Å². The number of benzene rings is 3. The summed E-state index contributed by atoms with van der Waals surface area (Å²) in [6.07, 6.45) is 0. The number of methoxy groups -OCH3 is 2. The molecule has 0 aliphatic rings. The van der Waals surface area contributed by atoms with E-state index in [0.29, 0.717) is 28.4 Å². The number of ether oxygens (including phenoxy) is 3. The first-order valence-electron chi connectivity index (χ1n) is 9.69. The smallest absolute Gasteiger partial charge is 0.337 e. The van der Waals surface area contributed by atoms with Crippen molar-refractivity contribution in [1.29, 1.82) is 0 Å². The summed E-state index contributed by atoms with van der Waals surface area (Å²) in [5.41, 5.74) is 1.25. The number of nitrogens with one attached hydrogen (secondary N) is 2. The van der Waals surface area contributed by atoms with Gasteiger partial charge in [0.25, 0.3) is 15.9 Å². The van der Waals surface area contributed by atoms with Gasteiger partial charge in [0.15, 0.2) is 6.61 Å². The van der Waals surface area contributed by atoms with Crippen LogP contribution < -0.4 is 19.5 Å².